The molecule has 31 heavy (non-hydrogen) atoms. The number of thiazole rings is 1. The highest BCUT2D eigenvalue weighted by Gasteiger charge is 2.15. The predicted octanol–water partition coefficient (Wildman–Crippen LogP) is 5.71. The van der Waals surface area contributed by atoms with Crippen molar-refractivity contribution in [3.8, 4) is 33.5 Å². The van der Waals surface area contributed by atoms with Gasteiger partial charge >= 0.3 is 0 Å². The highest BCUT2D eigenvalue weighted by molar-refractivity contribution is 7.98. The Morgan fingerprint density at radius 1 is 1.06 bits per heavy atom. The lowest BCUT2D eigenvalue weighted by Gasteiger charge is -2.08. The van der Waals surface area contributed by atoms with Crippen LogP contribution in [0.2, 0.25) is 0 Å². The van der Waals surface area contributed by atoms with Gasteiger partial charge in [0.1, 0.15) is 16.5 Å². The van der Waals surface area contributed by atoms with Gasteiger partial charge in [-0.25, -0.2) is 4.98 Å². The fraction of sp³-hybridized carbons (Fsp3) is 0.261. The van der Waals surface area contributed by atoms with E-state index in [9.17, 15) is 0 Å². The first-order chi connectivity index (χ1) is 15.1. The van der Waals surface area contributed by atoms with Crippen molar-refractivity contribution < 1.29 is 9.47 Å². The monoisotopic (exact) mass is 452 g/mol. The standard InChI is InChI=1S/C23H24N4O2S2/c1-5-27-21(16-8-6-7-15(2)11-16)25-26-23(27)31-14-17-13-30-22(24-17)19-10-9-18(28-3)12-20(19)29-4/h6-13H,5,14H2,1-4H3. The number of benzene rings is 2. The van der Waals surface area contributed by atoms with Crippen molar-refractivity contribution in [2.45, 2.75) is 31.3 Å². The summed E-state index contributed by atoms with van der Waals surface area (Å²) < 4.78 is 13.0. The van der Waals surface area contributed by atoms with E-state index in [0.29, 0.717) is 0 Å². The van der Waals surface area contributed by atoms with E-state index >= 15 is 0 Å². The molecule has 0 atom stereocenters. The second-order valence-corrected chi connectivity index (χ2v) is 8.72. The predicted molar refractivity (Wildman–Crippen MR) is 126 cm³/mol. The second-order valence-electron chi connectivity index (χ2n) is 6.92. The molecule has 0 aliphatic carbocycles. The van der Waals surface area contributed by atoms with Gasteiger partial charge in [0.2, 0.25) is 0 Å². The quantitative estimate of drug-likeness (QED) is 0.319. The molecule has 160 valence electrons. The molecule has 0 amide bonds. The SMILES string of the molecule is CCn1c(SCc2csc(-c3ccc(OC)cc3OC)n2)nnc1-c1cccc(C)c1. The van der Waals surface area contributed by atoms with Crippen molar-refractivity contribution in [1.29, 1.82) is 0 Å². The van der Waals surface area contributed by atoms with E-state index in [-0.39, 0.29) is 0 Å². The normalized spacial score (nSPS) is 11.0. The van der Waals surface area contributed by atoms with Crippen LogP contribution in [0.25, 0.3) is 22.0 Å². The Bertz CT molecular complexity index is 1190. The van der Waals surface area contributed by atoms with Crippen molar-refractivity contribution in [3.05, 3.63) is 59.1 Å². The molecule has 4 aromatic rings. The van der Waals surface area contributed by atoms with Gasteiger partial charge in [0, 0.05) is 29.3 Å². The molecule has 2 aromatic heterocycles. The van der Waals surface area contributed by atoms with Crippen molar-refractivity contribution in [3.63, 3.8) is 0 Å². The van der Waals surface area contributed by atoms with Crippen LogP contribution in [0.15, 0.2) is 53.0 Å². The molecule has 0 radical (unpaired) electrons. The summed E-state index contributed by atoms with van der Waals surface area (Å²) in [6, 6.07) is 14.1. The van der Waals surface area contributed by atoms with Crippen LogP contribution in [0.3, 0.4) is 0 Å². The summed E-state index contributed by atoms with van der Waals surface area (Å²) >= 11 is 3.26. The van der Waals surface area contributed by atoms with Crippen LogP contribution in [0.4, 0.5) is 0 Å². The van der Waals surface area contributed by atoms with E-state index < -0.39 is 0 Å². The molecular weight excluding hydrogens is 428 g/mol. The van der Waals surface area contributed by atoms with E-state index in [1.165, 1.54) is 5.56 Å². The number of hydrogen-bond acceptors (Lipinski definition) is 7. The van der Waals surface area contributed by atoms with Crippen LogP contribution in [-0.2, 0) is 12.3 Å². The number of aryl methyl sites for hydroxylation is 1. The maximum Gasteiger partial charge on any atom is 0.191 e. The summed E-state index contributed by atoms with van der Waals surface area (Å²) in [7, 11) is 3.30. The number of ether oxygens (including phenoxy) is 2. The molecule has 0 bridgehead atoms. The Morgan fingerprint density at radius 2 is 1.94 bits per heavy atom. The molecule has 0 aliphatic heterocycles. The van der Waals surface area contributed by atoms with Crippen LogP contribution < -0.4 is 9.47 Å². The van der Waals surface area contributed by atoms with E-state index in [0.717, 1.165) is 56.6 Å². The molecule has 2 heterocycles. The van der Waals surface area contributed by atoms with Gasteiger partial charge in [-0.2, -0.15) is 0 Å². The van der Waals surface area contributed by atoms with Gasteiger partial charge in [0.15, 0.2) is 11.0 Å². The topological polar surface area (TPSA) is 62.1 Å². The van der Waals surface area contributed by atoms with Crippen LogP contribution >= 0.6 is 23.1 Å². The van der Waals surface area contributed by atoms with Crippen molar-refractivity contribution in [1.82, 2.24) is 19.7 Å². The molecule has 6 nitrogen and oxygen atoms in total. The third-order valence-corrected chi connectivity index (χ3v) is 6.77. The summed E-state index contributed by atoms with van der Waals surface area (Å²) in [5.41, 5.74) is 4.26. The molecule has 0 saturated heterocycles. The maximum atomic E-state index is 5.52. The molecule has 4 rings (SSSR count). The van der Waals surface area contributed by atoms with E-state index in [4.69, 9.17) is 14.5 Å². The zero-order valence-corrected chi connectivity index (χ0v) is 19.6. The summed E-state index contributed by atoms with van der Waals surface area (Å²) in [6.07, 6.45) is 0. The number of nitrogens with zero attached hydrogens (tertiary/aromatic N) is 4. The summed E-state index contributed by atoms with van der Waals surface area (Å²) in [6.45, 7) is 5.01. The van der Waals surface area contributed by atoms with Crippen molar-refractivity contribution in [2.75, 3.05) is 14.2 Å². The van der Waals surface area contributed by atoms with Gasteiger partial charge in [-0.15, -0.1) is 21.5 Å². The minimum atomic E-state index is 0.723. The summed E-state index contributed by atoms with van der Waals surface area (Å²) in [5, 5.41) is 12.8. The first-order valence-corrected chi connectivity index (χ1v) is 11.8. The molecule has 0 saturated carbocycles. The van der Waals surface area contributed by atoms with Crippen LogP contribution in [0.5, 0.6) is 11.5 Å². The lowest BCUT2D eigenvalue weighted by molar-refractivity contribution is 0.395. The second kappa shape index (κ2) is 9.53. The number of thioether (sulfide) groups is 1. The largest absolute Gasteiger partial charge is 0.497 e. The smallest absolute Gasteiger partial charge is 0.191 e. The van der Waals surface area contributed by atoms with Crippen molar-refractivity contribution >= 4 is 23.1 Å². The fourth-order valence-electron chi connectivity index (χ4n) is 3.29. The van der Waals surface area contributed by atoms with Gasteiger partial charge in [0.25, 0.3) is 0 Å². The highest BCUT2D eigenvalue weighted by Crippen LogP contribution is 2.36. The fourth-order valence-corrected chi connectivity index (χ4v) is 5.14. The van der Waals surface area contributed by atoms with E-state index in [1.54, 1.807) is 37.3 Å². The summed E-state index contributed by atoms with van der Waals surface area (Å²) in [5.74, 6) is 3.13. The summed E-state index contributed by atoms with van der Waals surface area (Å²) in [4.78, 5) is 4.81. The zero-order valence-electron chi connectivity index (χ0n) is 18.0. The Hall–Kier alpha value is -2.84. The first kappa shape index (κ1) is 21.4. The Labute approximate surface area is 190 Å². The van der Waals surface area contributed by atoms with E-state index in [2.05, 4.69) is 58.3 Å². The Kier molecular flexibility index (Phi) is 6.58. The molecule has 0 spiro atoms. The van der Waals surface area contributed by atoms with Crippen LogP contribution in [0.1, 0.15) is 18.2 Å². The zero-order chi connectivity index (χ0) is 21.8. The molecular formula is C23H24N4O2S2. The highest BCUT2D eigenvalue weighted by atomic mass is 32.2. The molecule has 0 aliphatic rings. The number of rotatable bonds is 8. The average Bonchev–Trinajstić information content (AvgIpc) is 3.43. The minimum Gasteiger partial charge on any atom is -0.497 e. The van der Waals surface area contributed by atoms with Gasteiger partial charge in [-0.3, -0.25) is 0 Å². The number of hydrogen-bond donors (Lipinski definition) is 0. The van der Waals surface area contributed by atoms with Gasteiger partial charge in [0.05, 0.1) is 25.5 Å². The van der Waals surface area contributed by atoms with Crippen molar-refractivity contribution in [2.24, 2.45) is 0 Å². The lowest BCUT2D eigenvalue weighted by atomic mass is 10.1. The molecule has 2 aromatic carbocycles. The lowest BCUT2D eigenvalue weighted by Crippen LogP contribution is -2.00. The van der Waals surface area contributed by atoms with Gasteiger partial charge in [-0.05, 0) is 32.0 Å². The third kappa shape index (κ3) is 4.60. The average molecular weight is 453 g/mol. The van der Waals surface area contributed by atoms with Gasteiger partial charge < -0.3 is 14.0 Å². The number of methoxy groups -OCH3 is 2. The number of aromatic nitrogens is 4. The molecule has 0 fully saturated rings. The van der Waals surface area contributed by atoms with E-state index in [1.807, 2.05) is 18.2 Å². The van der Waals surface area contributed by atoms with Crippen LogP contribution in [0, 0.1) is 6.92 Å². The first-order valence-electron chi connectivity index (χ1n) is 9.92. The minimum absolute atomic E-state index is 0.723. The van der Waals surface area contributed by atoms with Gasteiger partial charge in [-0.1, -0.05) is 35.5 Å². The molecule has 8 heteroatoms. The molecule has 0 unspecified atom stereocenters. The molecule has 0 N–H and O–H groups in total. The Morgan fingerprint density at radius 3 is 2.68 bits per heavy atom. The van der Waals surface area contributed by atoms with Crippen LogP contribution in [-0.4, -0.2) is 34.0 Å². The maximum absolute atomic E-state index is 5.52. The Balaban J connectivity index is 1.52. The third-order valence-electron chi connectivity index (χ3n) is 4.85.